The van der Waals surface area contributed by atoms with E-state index in [2.05, 4.69) is 30.4 Å². The van der Waals surface area contributed by atoms with Crippen LogP contribution in [-0.2, 0) is 11.8 Å². The zero-order chi connectivity index (χ0) is 14.0. The first-order valence-corrected chi connectivity index (χ1v) is 6.25. The molecule has 0 saturated carbocycles. The van der Waals surface area contributed by atoms with Crippen LogP contribution in [0.3, 0.4) is 0 Å². The summed E-state index contributed by atoms with van der Waals surface area (Å²) in [4.78, 5) is 10.8. The highest BCUT2D eigenvalue weighted by Crippen LogP contribution is 2.40. The summed E-state index contributed by atoms with van der Waals surface area (Å²) >= 11 is 0. The number of benzene rings is 1. The van der Waals surface area contributed by atoms with Crippen LogP contribution >= 0.6 is 0 Å². The van der Waals surface area contributed by atoms with E-state index in [1.54, 1.807) is 7.11 Å². The standard InChI is InChI=1S/C14H19N3O2/c1-14(2)11(16-17-13(15)18)8-7-9-5-4-6-10(19-3)12(9)14/h4-6H,7-8H2,1-3H3,(H3,15,17,18). The van der Waals surface area contributed by atoms with Crippen LogP contribution in [0.2, 0.25) is 0 Å². The first-order valence-electron chi connectivity index (χ1n) is 6.25. The van der Waals surface area contributed by atoms with Crippen LogP contribution in [0, 0.1) is 0 Å². The zero-order valence-corrected chi connectivity index (χ0v) is 11.5. The van der Waals surface area contributed by atoms with Crippen molar-refractivity contribution in [1.29, 1.82) is 0 Å². The van der Waals surface area contributed by atoms with Crippen LogP contribution in [-0.4, -0.2) is 18.9 Å². The SMILES string of the molecule is COc1cccc2c1C(C)(C)C(=NNC(N)=O)CC2. The Kier molecular flexibility index (Phi) is 3.46. The summed E-state index contributed by atoms with van der Waals surface area (Å²) in [6, 6.07) is 5.41. The van der Waals surface area contributed by atoms with E-state index in [0.717, 1.165) is 29.9 Å². The average molecular weight is 261 g/mol. The average Bonchev–Trinajstić information content (AvgIpc) is 2.36. The minimum Gasteiger partial charge on any atom is -0.496 e. The summed E-state index contributed by atoms with van der Waals surface area (Å²) in [5.41, 5.74) is 10.4. The molecule has 3 N–H and O–H groups in total. The van der Waals surface area contributed by atoms with E-state index in [-0.39, 0.29) is 5.41 Å². The Labute approximate surface area is 112 Å². The van der Waals surface area contributed by atoms with Crippen molar-refractivity contribution in [2.45, 2.75) is 32.1 Å². The Morgan fingerprint density at radius 2 is 2.16 bits per heavy atom. The second kappa shape index (κ2) is 4.91. The maximum absolute atomic E-state index is 10.8. The predicted molar refractivity (Wildman–Crippen MR) is 74.5 cm³/mol. The minimum atomic E-state index is -0.644. The Hall–Kier alpha value is -2.04. The van der Waals surface area contributed by atoms with Gasteiger partial charge in [-0.2, -0.15) is 5.10 Å². The maximum atomic E-state index is 10.8. The number of nitrogens with two attached hydrogens (primary N) is 1. The van der Waals surface area contributed by atoms with Gasteiger partial charge in [-0.05, 0) is 24.5 Å². The number of urea groups is 1. The number of amides is 2. The Morgan fingerprint density at radius 1 is 1.42 bits per heavy atom. The monoisotopic (exact) mass is 261 g/mol. The van der Waals surface area contributed by atoms with Crippen molar-refractivity contribution < 1.29 is 9.53 Å². The molecule has 0 radical (unpaired) electrons. The molecule has 0 saturated heterocycles. The molecule has 0 aliphatic heterocycles. The van der Waals surface area contributed by atoms with Crippen molar-refractivity contribution in [2.75, 3.05) is 7.11 Å². The van der Waals surface area contributed by atoms with Crippen molar-refractivity contribution in [3.63, 3.8) is 0 Å². The lowest BCUT2D eigenvalue weighted by atomic mass is 9.71. The molecule has 1 aromatic rings. The van der Waals surface area contributed by atoms with Crippen molar-refractivity contribution in [3.05, 3.63) is 29.3 Å². The molecule has 0 heterocycles. The highest BCUT2D eigenvalue weighted by Gasteiger charge is 2.36. The van der Waals surface area contributed by atoms with Gasteiger partial charge >= 0.3 is 6.03 Å². The fourth-order valence-electron chi connectivity index (χ4n) is 2.69. The van der Waals surface area contributed by atoms with Gasteiger partial charge in [-0.25, -0.2) is 10.2 Å². The Morgan fingerprint density at radius 3 is 2.79 bits per heavy atom. The molecule has 1 aromatic carbocycles. The number of nitrogens with one attached hydrogen (secondary N) is 1. The first kappa shape index (κ1) is 13.4. The normalized spacial score (nSPS) is 18.8. The van der Waals surface area contributed by atoms with E-state index in [1.807, 2.05) is 12.1 Å². The number of hydrazone groups is 1. The number of carbonyl (C=O) groups is 1. The maximum Gasteiger partial charge on any atom is 0.332 e. The molecule has 0 unspecified atom stereocenters. The molecule has 0 aromatic heterocycles. The molecule has 0 atom stereocenters. The van der Waals surface area contributed by atoms with Gasteiger partial charge in [-0.15, -0.1) is 0 Å². The number of primary amides is 1. The molecule has 2 amide bonds. The molecule has 0 fully saturated rings. The number of hydrogen-bond donors (Lipinski definition) is 2. The highest BCUT2D eigenvalue weighted by molar-refractivity contribution is 5.97. The van der Waals surface area contributed by atoms with Crippen LogP contribution in [0.4, 0.5) is 4.79 Å². The number of rotatable bonds is 2. The van der Waals surface area contributed by atoms with Gasteiger partial charge in [0.05, 0.1) is 7.11 Å². The second-order valence-corrected chi connectivity index (χ2v) is 5.15. The molecule has 19 heavy (non-hydrogen) atoms. The Balaban J connectivity index is 2.47. The van der Waals surface area contributed by atoms with Crippen molar-refractivity contribution in [1.82, 2.24) is 5.43 Å². The molecule has 5 nitrogen and oxygen atoms in total. The molecule has 1 aliphatic carbocycles. The van der Waals surface area contributed by atoms with E-state index >= 15 is 0 Å². The number of hydrogen-bond acceptors (Lipinski definition) is 3. The van der Waals surface area contributed by atoms with E-state index in [4.69, 9.17) is 10.5 Å². The quantitative estimate of drug-likeness (QED) is 0.798. The number of methoxy groups -OCH3 is 1. The summed E-state index contributed by atoms with van der Waals surface area (Å²) in [5, 5.41) is 4.15. The molecule has 0 bridgehead atoms. The molecular formula is C14H19N3O2. The lowest BCUT2D eigenvalue weighted by Crippen LogP contribution is -2.37. The summed E-state index contributed by atoms with van der Waals surface area (Å²) in [6.45, 7) is 4.16. The third-order valence-corrected chi connectivity index (χ3v) is 3.61. The number of ether oxygens (including phenoxy) is 1. The fraction of sp³-hybridized carbons (Fsp3) is 0.429. The second-order valence-electron chi connectivity index (χ2n) is 5.15. The third kappa shape index (κ3) is 2.41. The number of fused-ring (bicyclic) bond motifs is 1. The summed E-state index contributed by atoms with van der Waals surface area (Å²) in [6.07, 6.45) is 1.68. The van der Waals surface area contributed by atoms with Gasteiger partial charge in [-0.3, -0.25) is 0 Å². The number of aryl methyl sites for hydroxylation is 1. The van der Waals surface area contributed by atoms with Gasteiger partial charge in [0.1, 0.15) is 5.75 Å². The van der Waals surface area contributed by atoms with Gasteiger partial charge < -0.3 is 10.5 Å². The highest BCUT2D eigenvalue weighted by atomic mass is 16.5. The smallest absolute Gasteiger partial charge is 0.332 e. The summed E-state index contributed by atoms with van der Waals surface area (Å²) < 4.78 is 5.46. The summed E-state index contributed by atoms with van der Waals surface area (Å²) in [7, 11) is 1.67. The third-order valence-electron chi connectivity index (χ3n) is 3.61. The van der Waals surface area contributed by atoms with Gasteiger partial charge in [0.15, 0.2) is 0 Å². The molecule has 1 aliphatic rings. The molecule has 2 rings (SSSR count). The largest absolute Gasteiger partial charge is 0.496 e. The minimum absolute atomic E-state index is 0.289. The van der Waals surface area contributed by atoms with Crippen molar-refractivity contribution in [2.24, 2.45) is 10.8 Å². The van der Waals surface area contributed by atoms with Crippen molar-refractivity contribution in [3.8, 4) is 5.75 Å². The van der Waals surface area contributed by atoms with Crippen LogP contribution < -0.4 is 15.9 Å². The van der Waals surface area contributed by atoms with E-state index in [0.29, 0.717) is 0 Å². The van der Waals surface area contributed by atoms with Gasteiger partial charge in [0, 0.05) is 16.7 Å². The van der Waals surface area contributed by atoms with Gasteiger partial charge in [0.25, 0.3) is 0 Å². The number of nitrogens with zero attached hydrogens (tertiary/aromatic N) is 1. The predicted octanol–water partition coefficient (Wildman–Crippen LogP) is 1.94. The lowest BCUT2D eigenvalue weighted by Gasteiger charge is -2.35. The van der Waals surface area contributed by atoms with E-state index < -0.39 is 6.03 Å². The fourth-order valence-corrected chi connectivity index (χ4v) is 2.69. The van der Waals surface area contributed by atoms with Crippen LogP contribution in [0.15, 0.2) is 23.3 Å². The van der Waals surface area contributed by atoms with Crippen LogP contribution in [0.25, 0.3) is 0 Å². The number of carbonyl (C=O) groups excluding carboxylic acids is 1. The van der Waals surface area contributed by atoms with Crippen LogP contribution in [0.5, 0.6) is 5.75 Å². The molecule has 0 spiro atoms. The summed E-state index contributed by atoms with van der Waals surface area (Å²) in [5.74, 6) is 0.856. The Bertz CT molecular complexity index is 521. The molecular weight excluding hydrogens is 242 g/mol. The topological polar surface area (TPSA) is 76.7 Å². The van der Waals surface area contributed by atoms with Crippen molar-refractivity contribution >= 4 is 11.7 Å². The lowest BCUT2D eigenvalue weighted by molar-refractivity contribution is 0.249. The first-order chi connectivity index (χ1) is 8.96. The van der Waals surface area contributed by atoms with E-state index in [1.165, 1.54) is 5.56 Å². The van der Waals surface area contributed by atoms with Gasteiger partial charge in [0.2, 0.25) is 0 Å². The van der Waals surface area contributed by atoms with Crippen LogP contribution in [0.1, 0.15) is 31.4 Å². The molecule has 5 heteroatoms. The van der Waals surface area contributed by atoms with Gasteiger partial charge in [-0.1, -0.05) is 26.0 Å². The van der Waals surface area contributed by atoms with E-state index in [9.17, 15) is 4.79 Å². The zero-order valence-electron chi connectivity index (χ0n) is 11.5. The molecule has 102 valence electrons.